The first-order valence-corrected chi connectivity index (χ1v) is 5.51. The predicted molar refractivity (Wildman–Crippen MR) is 65.4 cm³/mol. The van der Waals surface area contributed by atoms with Crippen molar-refractivity contribution in [2.75, 3.05) is 13.2 Å². The fraction of sp³-hybridized carbons (Fsp3) is 0.308. The van der Waals surface area contributed by atoms with E-state index in [2.05, 4.69) is 16.0 Å². The van der Waals surface area contributed by atoms with Crippen LogP contribution in [0.25, 0.3) is 0 Å². The molecule has 0 atom stereocenters. The number of amides is 1. The Balaban J connectivity index is 2.95. The summed E-state index contributed by atoms with van der Waals surface area (Å²) in [4.78, 5) is 11.6. The number of nitrogens with one attached hydrogen (secondary N) is 1. The van der Waals surface area contributed by atoms with Crippen molar-refractivity contribution in [2.45, 2.75) is 13.5 Å². The third kappa shape index (κ3) is 4.47. The van der Waals surface area contributed by atoms with Gasteiger partial charge in [0.2, 0.25) is 0 Å². The summed E-state index contributed by atoms with van der Waals surface area (Å²) in [7, 11) is 0. The van der Waals surface area contributed by atoms with Crippen LogP contribution in [0.4, 0.5) is 8.78 Å². The highest BCUT2D eigenvalue weighted by Gasteiger charge is 2.14. The van der Waals surface area contributed by atoms with Crippen LogP contribution in [0.1, 0.15) is 17.3 Å². The molecule has 0 aliphatic heterocycles. The van der Waals surface area contributed by atoms with Crippen molar-refractivity contribution >= 4 is 5.91 Å². The number of benzene rings is 1. The molecule has 0 radical (unpaired) electrons. The molecule has 1 amide bonds. The van der Waals surface area contributed by atoms with Gasteiger partial charge < -0.3 is 14.8 Å². The van der Waals surface area contributed by atoms with E-state index in [1.807, 2.05) is 0 Å². The maximum Gasteiger partial charge on any atom is 0.387 e. The summed E-state index contributed by atoms with van der Waals surface area (Å²) in [6.45, 7) is -0.926. The molecule has 0 aliphatic carbocycles. The third-order valence-corrected chi connectivity index (χ3v) is 2.07. The summed E-state index contributed by atoms with van der Waals surface area (Å²) in [6, 6.07) is 3.93. The lowest BCUT2D eigenvalue weighted by Crippen LogP contribution is -2.23. The van der Waals surface area contributed by atoms with Gasteiger partial charge in [0, 0.05) is 5.56 Å². The number of carbonyl (C=O) groups excluding carboxylic acids is 1. The number of terminal acetylenes is 1. The van der Waals surface area contributed by atoms with Gasteiger partial charge in [0.15, 0.2) is 11.5 Å². The number of hydrogen-bond donors (Lipinski definition) is 1. The Morgan fingerprint density at radius 2 is 2.21 bits per heavy atom. The molecule has 102 valence electrons. The summed E-state index contributed by atoms with van der Waals surface area (Å²) in [6.07, 6.45) is 5.02. The van der Waals surface area contributed by atoms with E-state index in [1.165, 1.54) is 18.2 Å². The Labute approximate surface area is 109 Å². The highest BCUT2D eigenvalue weighted by atomic mass is 19.3. The normalized spacial score (nSPS) is 9.84. The molecular weight excluding hydrogens is 256 g/mol. The van der Waals surface area contributed by atoms with Gasteiger partial charge in [-0.2, -0.15) is 8.78 Å². The zero-order chi connectivity index (χ0) is 14.3. The topological polar surface area (TPSA) is 47.6 Å². The van der Waals surface area contributed by atoms with E-state index in [0.29, 0.717) is 0 Å². The van der Waals surface area contributed by atoms with Crippen LogP contribution >= 0.6 is 0 Å². The molecule has 1 aromatic rings. The first kappa shape index (κ1) is 14.8. The van der Waals surface area contributed by atoms with Crippen molar-refractivity contribution in [3.05, 3.63) is 23.8 Å². The van der Waals surface area contributed by atoms with Gasteiger partial charge in [0.25, 0.3) is 5.91 Å². The van der Waals surface area contributed by atoms with Gasteiger partial charge in [0.1, 0.15) is 0 Å². The van der Waals surface area contributed by atoms with Gasteiger partial charge in [-0.15, -0.1) is 6.42 Å². The van der Waals surface area contributed by atoms with Crippen molar-refractivity contribution in [3.8, 4) is 23.8 Å². The number of carbonyl (C=O) groups is 1. The summed E-state index contributed by atoms with van der Waals surface area (Å²) in [5.74, 6) is 1.80. The molecule has 1 aromatic carbocycles. The number of ether oxygens (including phenoxy) is 2. The lowest BCUT2D eigenvalue weighted by atomic mass is 10.2. The number of hydrogen-bond acceptors (Lipinski definition) is 3. The van der Waals surface area contributed by atoms with Crippen molar-refractivity contribution in [1.82, 2.24) is 5.32 Å². The van der Waals surface area contributed by atoms with E-state index in [-0.39, 0.29) is 30.2 Å². The highest BCUT2D eigenvalue weighted by Crippen LogP contribution is 2.29. The van der Waals surface area contributed by atoms with Gasteiger partial charge in [0.05, 0.1) is 13.2 Å². The van der Waals surface area contributed by atoms with Crippen LogP contribution in [0.3, 0.4) is 0 Å². The minimum absolute atomic E-state index is 0.0798. The minimum atomic E-state index is -2.96. The molecule has 6 heteroatoms. The second kappa shape index (κ2) is 7.21. The molecule has 0 saturated heterocycles. The fourth-order valence-corrected chi connectivity index (χ4v) is 1.34. The SMILES string of the molecule is C#CCNC(=O)c1ccc(OC(F)F)c(OCC)c1. The average Bonchev–Trinajstić information content (AvgIpc) is 2.37. The van der Waals surface area contributed by atoms with E-state index < -0.39 is 12.5 Å². The average molecular weight is 269 g/mol. The first-order chi connectivity index (χ1) is 9.08. The molecule has 1 rings (SSSR count). The van der Waals surface area contributed by atoms with Gasteiger partial charge in [-0.3, -0.25) is 4.79 Å². The first-order valence-electron chi connectivity index (χ1n) is 5.51. The van der Waals surface area contributed by atoms with Crippen LogP contribution < -0.4 is 14.8 Å². The zero-order valence-corrected chi connectivity index (χ0v) is 10.3. The van der Waals surface area contributed by atoms with E-state index >= 15 is 0 Å². The van der Waals surface area contributed by atoms with Crippen molar-refractivity contribution < 1.29 is 23.0 Å². The smallest absolute Gasteiger partial charge is 0.387 e. The predicted octanol–water partition coefficient (Wildman–Crippen LogP) is 2.05. The lowest BCUT2D eigenvalue weighted by Gasteiger charge is -2.12. The van der Waals surface area contributed by atoms with Crippen LogP contribution in [-0.4, -0.2) is 25.7 Å². The molecular formula is C13H13F2NO3. The molecule has 19 heavy (non-hydrogen) atoms. The molecule has 0 saturated carbocycles. The quantitative estimate of drug-likeness (QED) is 0.804. The molecule has 0 spiro atoms. The second-order valence-corrected chi connectivity index (χ2v) is 3.36. The summed E-state index contributed by atoms with van der Waals surface area (Å²) in [5, 5.41) is 2.46. The molecule has 0 unspecified atom stereocenters. The molecule has 0 bridgehead atoms. The van der Waals surface area contributed by atoms with E-state index in [0.717, 1.165) is 0 Å². The van der Waals surface area contributed by atoms with Crippen molar-refractivity contribution in [2.24, 2.45) is 0 Å². The third-order valence-electron chi connectivity index (χ3n) is 2.07. The van der Waals surface area contributed by atoms with E-state index in [4.69, 9.17) is 11.2 Å². The minimum Gasteiger partial charge on any atom is -0.490 e. The van der Waals surface area contributed by atoms with Gasteiger partial charge >= 0.3 is 6.61 Å². The monoisotopic (exact) mass is 269 g/mol. The Kier molecular flexibility index (Phi) is 5.61. The summed E-state index contributed by atoms with van der Waals surface area (Å²) < 4.78 is 33.8. The van der Waals surface area contributed by atoms with Gasteiger partial charge in [-0.1, -0.05) is 5.92 Å². The Hall–Kier alpha value is -2.29. The maximum absolute atomic E-state index is 12.2. The molecule has 0 aromatic heterocycles. The Morgan fingerprint density at radius 3 is 2.79 bits per heavy atom. The van der Waals surface area contributed by atoms with E-state index in [9.17, 15) is 13.6 Å². The maximum atomic E-state index is 12.2. The standard InChI is InChI=1S/C13H13F2NO3/c1-3-7-16-12(17)9-5-6-10(19-13(14)15)11(8-9)18-4-2/h1,5-6,8,13H,4,7H2,2H3,(H,16,17). The number of alkyl halides is 2. The lowest BCUT2D eigenvalue weighted by molar-refractivity contribution is -0.0514. The summed E-state index contributed by atoms with van der Waals surface area (Å²) >= 11 is 0. The molecule has 0 heterocycles. The molecule has 4 nitrogen and oxygen atoms in total. The summed E-state index contributed by atoms with van der Waals surface area (Å²) in [5.41, 5.74) is 0.250. The fourth-order valence-electron chi connectivity index (χ4n) is 1.34. The largest absolute Gasteiger partial charge is 0.490 e. The van der Waals surface area contributed by atoms with Gasteiger partial charge in [-0.25, -0.2) is 0 Å². The number of halogens is 2. The van der Waals surface area contributed by atoms with Crippen LogP contribution in [0.5, 0.6) is 11.5 Å². The molecule has 1 N–H and O–H groups in total. The van der Waals surface area contributed by atoms with Crippen LogP contribution in [0.2, 0.25) is 0 Å². The molecule has 0 aliphatic rings. The zero-order valence-electron chi connectivity index (χ0n) is 10.3. The number of rotatable bonds is 6. The van der Waals surface area contributed by atoms with Crippen molar-refractivity contribution in [3.63, 3.8) is 0 Å². The van der Waals surface area contributed by atoms with E-state index in [1.54, 1.807) is 6.92 Å². The van der Waals surface area contributed by atoms with Crippen molar-refractivity contribution in [1.29, 1.82) is 0 Å². The Bertz CT molecular complexity index is 483. The Morgan fingerprint density at radius 1 is 1.47 bits per heavy atom. The van der Waals surface area contributed by atoms with Crippen LogP contribution in [0, 0.1) is 12.3 Å². The van der Waals surface area contributed by atoms with Crippen LogP contribution in [0.15, 0.2) is 18.2 Å². The van der Waals surface area contributed by atoms with Crippen LogP contribution in [-0.2, 0) is 0 Å². The second-order valence-electron chi connectivity index (χ2n) is 3.36. The highest BCUT2D eigenvalue weighted by molar-refractivity contribution is 5.95. The van der Waals surface area contributed by atoms with Gasteiger partial charge in [-0.05, 0) is 25.1 Å². The molecule has 0 fully saturated rings.